The van der Waals surface area contributed by atoms with Crippen molar-refractivity contribution in [1.29, 1.82) is 0 Å². The van der Waals surface area contributed by atoms with Crippen LogP contribution >= 0.6 is 0 Å². The van der Waals surface area contributed by atoms with Gasteiger partial charge in [-0.1, -0.05) is 25.7 Å². The molecule has 0 fully saturated rings. The van der Waals surface area contributed by atoms with Crippen molar-refractivity contribution in [3.05, 3.63) is 29.8 Å². The fourth-order valence-electron chi connectivity index (χ4n) is 1.38. The van der Waals surface area contributed by atoms with Gasteiger partial charge in [0.15, 0.2) is 6.79 Å². The highest BCUT2D eigenvalue weighted by Gasteiger charge is 2.12. The predicted octanol–water partition coefficient (Wildman–Crippen LogP) is 3.16. The van der Waals surface area contributed by atoms with E-state index in [1.807, 2.05) is 0 Å². The minimum atomic E-state index is -1.06. The summed E-state index contributed by atoms with van der Waals surface area (Å²) in [5.41, 5.74) is 0.474. The topological polar surface area (TPSA) is 44.8 Å². The molecule has 0 aliphatic rings. The Morgan fingerprint density at radius 1 is 1.26 bits per heavy atom. The van der Waals surface area contributed by atoms with E-state index in [1.54, 1.807) is 24.3 Å². The van der Waals surface area contributed by atoms with Crippen molar-refractivity contribution < 1.29 is 19.0 Å². The highest BCUT2D eigenvalue weighted by molar-refractivity contribution is 6.76. The molecule has 1 aromatic rings. The van der Waals surface area contributed by atoms with Gasteiger partial charge in [-0.05, 0) is 24.2 Å². The van der Waals surface area contributed by atoms with Crippen molar-refractivity contribution in [3.8, 4) is 5.75 Å². The standard InChI is InChI=1S/C14H22O4Si/c1-16-14(15)12-6-5-7-13(10-12)18-11-17-8-9-19(2,3)4/h5-7,10H,8-9,11H2,1-4H3. The molecule has 0 amide bonds. The van der Waals surface area contributed by atoms with Crippen molar-refractivity contribution in [2.45, 2.75) is 25.7 Å². The molecule has 0 saturated carbocycles. The van der Waals surface area contributed by atoms with E-state index in [-0.39, 0.29) is 12.8 Å². The number of esters is 1. The minimum absolute atomic E-state index is 0.203. The van der Waals surface area contributed by atoms with Gasteiger partial charge in [-0.25, -0.2) is 4.79 Å². The number of ether oxygens (including phenoxy) is 3. The van der Waals surface area contributed by atoms with Crippen LogP contribution in [0.5, 0.6) is 5.75 Å². The van der Waals surface area contributed by atoms with E-state index in [4.69, 9.17) is 9.47 Å². The van der Waals surface area contributed by atoms with E-state index in [1.165, 1.54) is 7.11 Å². The Morgan fingerprint density at radius 2 is 2.00 bits per heavy atom. The summed E-state index contributed by atoms with van der Waals surface area (Å²) in [6.07, 6.45) is 0. The third-order valence-electron chi connectivity index (χ3n) is 2.56. The van der Waals surface area contributed by atoms with E-state index in [0.29, 0.717) is 17.9 Å². The summed E-state index contributed by atoms with van der Waals surface area (Å²) < 4.78 is 15.5. The third-order valence-corrected chi connectivity index (χ3v) is 4.26. The Labute approximate surface area is 115 Å². The SMILES string of the molecule is COC(=O)c1cccc(OCOCC[Si](C)(C)C)c1. The summed E-state index contributed by atoms with van der Waals surface area (Å²) in [7, 11) is 0.299. The second kappa shape index (κ2) is 7.30. The molecule has 0 radical (unpaired) electrons. The first-order chi connectivity index (χ1) is 8.92. The molecule has 0 aliphatic heterocycles. The molecule has 106 valence electrons. The van der Waals surface area contributed by atoms with Gasteiger partial charge in [-0.15, -0.1) is 0 Å². The summed E-state index contributed by atoms with van der Waals surface area (Å²) in [5.74, 6) is 0.237. The summed E-state index contributed by atoms with van der Waals surface area (Å²) in [5, 5.41) is 0. The van der Waals surface area contributed by atoms with Crippen LogP contribution in [0.1, 0.15) is 10.4 Å². The van der Waals surface area contributed by atoms with E-state index in [9.17, 15) is 4.79 Å². The molecule has 0 unspecified atom stereocenters. The quantitative estimate of drug-likeness (QED) is 0.333. The van der Waals surface area contributed by atoms with Gasteiger partial charge in [0.05, 0.1) is 12.7 Å². The number of carbonyl (C=O) groups excluding carboxylic acids is 1. The molecule has 0 N–H and O–H groups in total. The zero-order valence-electron chi connectivity index (χ0n) is 12.1. The monoisotopic (exact) mass is 282 g/mol. The molecule has 0 heterocycles. The third kappa shape index (κ3) is 6.40. The van der Waals surface area contributed by atoms with E-state index in [2.05, 4.69) is 24.4 Å². The van der Waals surface area contributed by atoms with Crippen LogP contribution < -0.4 is 4.74 Å². The van der Waals surface area contributed by atoms with Crippen molar-refractivity contribution in [2.75, 3.05) is 20.5 Å². The summed E-state index contributed by atoms with van der Waals surface area (Å²) in [6, 6.07) is 7.98. The normalized spacial score (nSPS) is 11.2. The zero-order chi connectivity index (χ0) is 14.3. The molecule has 0 atom stereocenters. The first kappa shape index (κ1) is 15.7. The van der Waals surface area contributed by atoms with Crippen LogP contribution in [0.2, 0.25) is 25.7 Å². The lowest BCUT2D eigenvalue weighted by Crippen LogP contribution is -2.22. The first-order valence-electron chi connectivity index (χ1n) is 6.31. The van der Waals surface area contributed by atoms with Gasteiger partial charge in [-0.3, -0.25) is 0 Å². The molecule has 5 heteroatoms. The number of carbonyl (C=O) groups is 1. The molecule has 1 aromatic carbocycles. The van der Waals surface area contributed by atoms with E-state index in [0.717, 1.165) is 6.04 Å². The van der Waals surface area contributed by atoms with Crippen LogP contribution in [0.3, 0.4) is 0 Å². The Hall–Kier alpha value is -1.33. The second-order valence-corrected chi connectivity index (χ2v) is 11.1. The lowest BCUT2D eigenvalue weighted by Gasteiger charge is -2.15. The maximum atomic E-state index is 11.3. The van der Waals surface area contributed by atoms with Crippen LogP contribution in [0.4, 0.5) is 0 Å². The van der Waals surface area contributed by atoms with Gasteiger partial charge in [-0.2, -0.15) is 0 Å². The van der Waals surface area contributed by atoms with Crippen molar-refractivity contribution in [2.24, 2.45) is 0 Å². The molecule has 0 aromatic heterocycles. The average molecular weight is 282 g/mol. The Balaban J connectivity index is 2.35. The lowest BCUT2D eigenvalue weighted by atomic mass is 10.2. The molecule has 4 nitrogen and oxygen atoms in total. The summed E-state index contributed by atoms with van der Waals surface area (Å²) in [4.78, 5) is 11.3. The van der Waals surface area contributed by atoms with Crippen LogP contribution in [-0.2, 0) is 9.47 Å². The maximum Gasteiger partial charge on any atom is 0.337 e. The van der Waals surface area contributed by atoms with Gasteiger partial charge in [0.25, 0.3) is 0 Å². The van der Waals surface area contributed by atoms with Gasteiger partial charge in [0.1, 0.15) is 5.75 Å². The van der Waals surface area contributed by atoms with Crippen molar-refractivity contribution >= 4 is 14.0 Å². The largest absolute Gasteiger partial charge is 0.468 e. The van der Waals surface area contributed by atoms with Crippen LogP contribution in [0, 0.1) is 0 Å². The number of benzene rings is 1. The van der Waals surface area contributed by atoms with Crippen molar-refractivity contribution in [1.82, 2.24) is 0 Å². The molecule has 0 aliphatic carbocycles. The maximum absolute atomic E-state index is 11.3. The fraction of sp³-hybridized carbons (Fsp3) is 0.500. The number of rotatable bonds is 7. The lowest BCUT2D eigenvalue weighted by molar-refractivity contribution is 0.0219. The van der Waals surface area contributed by atoms with Crippen LogP contribution in [0.25, 0.3) is 0 Å². The highest BCUT2D eigenvalue weighted by Crippen LogP contribution is 2.14. The Bertz CT molecular complexity index is 412. The molecule has 0 bridgehead atoms. The second-order valence-electron chi connectivity index (χ2n) is 5.50. The van der Waals surface area contributed by atoms with Crippen LogP contribution in [0.15, 0.2) is 24.3 Å². The number of hydrogen-bond acceptors (Lipinski definition) is 4. The molecule has 0 saturated heterocycles. The molecule has 1 rings (SSSR count). The van der Waals surface area contributed by atoms with Gasteiger partial charge < -0.3 is 14.2 Å². The molecular weight excluding hydrogens is 260 g/mol. The first-order valence-corrected chi connectivity index (χ1v) is 10.0. The van der Waals surface area contributed by atoms with Crippen molar-refractivity contribution in [3.63, 3.8) is 0 Å². The van der Waals surface area contributed by atoms with Gasteiger partial charge in [0.2, 0.25) is 0 Å². The Morgan fingerprint density at radius 3 is 2.63 bits per heavy atom. The zero-order valence-corrected chi connectivity index (χ0v) is 13.1. The summed E-state index contributed by atoms with van der Waals surface area (Å²) in [6.45, 7) is 7.83. The number of methoxy groups -OCH3 is 1. The number of hydrogen-bond donors (Lipinski definition) is 0. The minimum Gasteiger partial charge on any atom is -0.468 e. The molecule has 0 spiro atoms. The summed E-state index contributed by atoms with van der Waals surface area (Å²) >= 11 is 0. The van der Waals surface area contributed by atoms with E-state index < -0.39 is 8.07 Å². The van der Waals surface area contributed by atoms with E-state index >= 15 is 0 Å². The predicted molar refractivity (Wildman–Crippen MR) is 77.4 cm³/mol. The molecule has 19 heavy (non-hydrogen) atoms. The highest BCUT2D eigenvalue weighted by atomic mass is 28.3. The van der Waals surface area contributed by atoms with Gasteiger partial charge >= 0.3 is 5.97 Å². The fourth-order valence-corrected chi connectivity index (χ4v) is 2.13. The van der Waals surface area contributed by atoms with Gasteiger partial charge in [0, 0.05) is 14.7 Å². The molecular formula is C14H22O4Si. The Kier molecular flexibility index (Phi) is 6.04. The average Bonchev–Trinajstić information content (AvgIpc) is 2.36. The van der Waals surface area contributed by atoms with Crippen LogP contribution in [-0.4, -0.2) is 34.6 Å². The smallest absolute Gasteiger partial charge is 0.337 e.